The number of fused-ring (bicyclic) bond motifs is 1. The van der Waals surface area contributed by atoms with Gasteiger partial charge in [-0.25, -0.2) is 4.39 Å². The van der Waals surface area contributed by atoms with Gasteiger partial charge in [-0.1, -0.05) is 0 Å². The molecule has 1 aromatic carbocycles. The summed E-state index contributed by atoms with van der Waals surface area (Å²) in [6.45, 7) is 3.47. The second-order valence-corrected chi connectivity index (χ2v) is 9.55. The molecule has 0 bridgehead atoms. The van der Waals surface area contributed by atoms with E-state index in [1.807, 2.05) is 18.0 Å². The van der Waals surface area contributed by atoms with Crippen molar-refractivity contribution in [1.29, 1.82) is 0 Å². The van der Waals surface area contributed by atoms with E-state index in [1.54, 1.807) is 23.9 Å². The lowest BCUT2D eigenvalue weighted by Crippen LogP contribution is -2.66. The molecule has 5 rings (SSSR count). The molecule has 2 heterocycles. The molecule has 1 amide bonds. The van der Waals surface area contributed by atoms with Crippen LogP contribution >= 0.6 is 0 Å². The molecule has 0 atom stereocenters. The molecule has 1 spiro atoms. The van der Waals surface area contributed by atoms with Crippen LogP contribution in [0.2, 0.25) is 0 Å². The lowest BCUT2D eigenvalue weighted by atomic mass is 9.56. The van der Waals surface area contributed by atoms with Crippen LogP contribution < -0.4 is 0 Å². The number of amides is 1. The Bertz CT molecular complexity index is 913. The number of aliphatic hydroxyl groups is 1. The smallest absolute Gasteiger partial charge is 0.225 e. The number of benzene rings is 1. The van der Waals surface area contributed by atoms with E-state index < -0.39 is 5.60 Å². The molecule has 2 saturated carbocycles. The highest BCUT2D eigenvalue weighted by Gasteiger charge is 2.55. The second-order valence-electron chi connectivity index (χ2n) is 9.55. The van der Waals surface area contributed by atoms with Gasteiger partial charge in [0.2, 0.25) is 5.91 Å². The zero-order valence-electron chi connectivity index (χ0n) is 15.9. The summed E-state index contributed by atoms with van der Waals surface area (Å²) in [6.07, 6.45) is 5.78. The molecule has 144 valence electrons. The first kappa shape index (κ1) is 17.2. The normalized spacial score (nSPS) is 29.5. The number of halogens is 1. The summed E-state index contributed by atoms with van der Waals surface area (Å²) in [5.41, 5.74) is 1.36. The minimum atomic E-state index is -0.649. The van der Waals surface area contributed by atoms with Crippen LogP contribution in [0.5, 0.6) is 0 Å². The highest BCUT2D eigenvalue weighted by molar-refractivity contribution is 5.81. The minimum absolute atomic E-state index is 0.00735. The zero-order valence-corrected chi connectivity index (χ0v) is 15.9. The maximum absolute atomic E-state index is 14.4. The zero-order chi connectivity index (χ0) is 19.0. The van der Waals surface area contributed by atoms with E-state index >= 15 is 0 Å². The SMILES string of the molecule is Cn1ncc2cc(F)c(CC3CC4(C3)CN(C(=O)C3CC(C)(O)C3)C4)cc21. The summed E-state index contributed by atoms with van der Waals surface area (Å²) in [7, 11) is 1.88. The van der Waals surface area contributed by atoms with Crippen molar-refractivity contribution in [3.63, 3.8) is 0 Å². The van der Waals surface area contributed by atoms with E-state index in [0.29, 0.717) is 18.8 Å². The van der Waals surface area contributed by atoms with Crippen LogP contribution in [-0.2, 0) is 18.3 Å². The summed E-state index contributed by atoms with van der Waals surface area (Å²) in [4.78, 5) is 14.4. The fourth-order valence-corrected chi connectivity index (χ4v) is 5.60. The van der Waals surface area contributed by atoms with E-state index in [1.165, 1.54) is 0 Å². The molecule has 2 aromatic rings. The third-order valence-electron chi connectivity index (χ3n) is 6.95. The first-order valence-electron chi connectivity index (χ1n) is 9.85. The second kappa shape index (κ2) is 5.53. The molecule has 6 heteroatoms. The van der Waals surface area contributed by atoms with Crippen LogP contribution in [0.4, 0.5) is 4.39 Å². The van der Waals surface area contributed by atoms with Crippen molar-refractivity contribution in [2.75, 3.05) is 13.1 Å². The molecular weight excluding hydrogens is 345 g/mol. The molecular formula is C21H26FN3O2. The molecule has 3 fully saturated rings. The van der Waals surface area contributed by atoms with E-state index in [4.69, 9.17) is 0 Å². The Morgan fingerprint density at radius 3 is 2.67 bits per heavy atom. The van der Waals surface area contributed by atoms with Crippen molar-refractivity contribution in [3.05, 3.63) is 29.7 Å². The number of carbonyl (C=O) groups excluding carboxylic acids is 1. The fraction of sp³-hybridized carbons (Fsp3) is 0.619. The van der Waals surface area contributed by atoms with E-state index in [2.05, 4.69) is 5.10 Å². The number of hydrogen-bond acceptors (Lipinski definition) is 3. The predicted molar refractivity (Wildman–Crippen MR) is 99.5 cm³/mol. The third kappa shape index (κ3) is 2.76. The van der Waals surface area contributed by atoms with E-state index in [-0.39, 0.29) is 23.1 Å². The minimum Gasteiger partial charge on any atom is -0.390 e. The van der Waals surface area contributed by atoms with Gasteiger partial charge in [-0.3, -0.25) is 9.48 Å². The topological polar surface area (TPSA) is 58.4 Å². The molecule has 3 aliphatic rings. The lowest BCUT2D eigenvalue weighted by molar-refractivity contribution is -0.171. The highest BCUT2D eigenvalue weighted by Crippen LogP contribution is 2.54. The molecule has 0 radical (unpaired) electrons. The van der Waals surface area contributed by atoms with Gasteiger partial charge < -0.3 is 10.0 Å². The van der Waals surface area contributed by atoms with Crippen LogP contribution in [0.1, 0.15) is 38.2 Å². The Hall–Kier alpha value is -1.95. The van der Waals surface area contributed by atoms with Gasteiger partial charge in [0.1, 0.15) is 5.82 Å². The van der Waals surface area contributed by atoms with Gasteiger partial charge in [0.15, 0.2) is 0 Å². The molecule has 1 aliphatic heterocycles. The van der Waals surface area contributed by atoms with Crippen molar-refractivity contribution in [2.24, 2.45) is 24.3 Å². The molecule has 1 aromatic heterocycles. The summed E-state index contributed by atoms with van der Waals surface area (Å²) in [5, 5.41) is 14.9. The van der Waals surface area contributed by atoms with E-state index in [9.17, 15) is 14.3 Å². The Balaban J connectivity index is 1.16. The van der Waals surface area contributed by atoms with Crippen LogP contribution in [0, 0.1) is 23.1 Å². The maximum Gasteiger partial charge on any atom is 0.225 e. The average molecular weight is 371 g/mol. The van der Waals surface area contributed by atoms with Crippen molar-refractivity contribution in [2.45, 2.75) is 44.6 Å². The molecule has 1 saturated heterocycles. The van der Waals surface area contributed by atoms with Crippen molar-refractivity contribution < 1.29 is 14.3 Å². The van der Waals surface area contributed by atoms with Gasteiger partial charge >= 0.3 is 0 Å². The summed E-state index contributed by atoms with van der Waals surface area (Å²) in [5.74, 6) is 0.571. The number of hydrogen-bond donors (Lipinski definition) is 1. The maximum atomic E-state index is 14.4. The first-order chi connectivity index (χ1) is 12.7. The quantitative estimate of drug-likeness (QED) is 0.902. The van der Waals surface area contributed by atoms with Crippen molar-refractivity contribution in [1.82, 2.24) is 14.7 Å². The van der Waals surface area contributed by atoms with Gasteiger partial charge in [-0.05, 0) is 62.6 Å². The van der Waals surface area contributed by atoms with E-state index in [0.717, 1.165) is 48.8 Å². The molecule has 2 aliphatic carbocycles. The van der Waals surface area contributed by atoms with Gasteiger partial charge in [0.05, 0.1) is 17.3 Å². The van der Waals surface area contributed by atoms with Crippen LogP contribution in [0.25, 0.3) is 10.9 Å². The highest BCUT2D eigenvalue weighted by atomic mass is 19.1. The number of carbonyl (C=O) groups is 1. The fourth-order valence-electron chi connectivity index (χ4n) is 5.60. The number of rotatable bonds is 3. The standard InChI is InChI=1S/C21H26FN3O2/c1-20(27)8-16(9-20)19(26)25-11-21(12-25)6-13(7-21)3-14-5-18-15(4-17(14)22)10-23-24(18)2/h4-5,10,13,16,27H,3,6-9,11-12H2,1-2H3. The Kier molecular flexibility index (Phi) is 3.52. The summed E-state index contributed by atoms with van der Waals surface area (Å²) >= 11 is 0. The van der Waals surface area contributed by atoms with Crippen LogP contribution in [0.15, 0.2) is 18.3 Å². The van der Waals surface area contributed by atoms with Crippen LogP contribution in [0.3, 0.4) is 0 Å². The number of aryl methyl sites for hydroxylation is 1. The van der Waals surface area contributed by atoms with Crippen molar-refractivity contribution in [3.8, 4) is 0 Å². The van der Waals surface area contributed by atoms with Crippen LogP contribution in [-0.4, -0.2) is 44.4 Å². The van der Waals surface area contributed by atoms with Gasteiger partial charge in [0.25, 0.3) is 0 Å². The monoisotopic (exact) mass is 371 g/mol. The lowest BCUT2D eigenvalue weighted by Gasteiger charge is -2.60. The molecule has 5 nitrogen and oxygen atoms in total. The predicted octanol–water partition coefficient (Wildman–Crippen LogP) is 2.65. The molecule has 0 unspecified atom stereocenters. The first-order valence-corrected chi connectivity index (χ1v) is 9.85. The average Bonchev–Trinajstić information content (AvgIpc) is 2.85. The number of aromatic nitrogens is 2. The summed E-state index contributed by atoms with van der Waals surface area (Å²) in [6, 6.07) is 3.52. The largest absolute Gasteiger partial charge is 0.390 e. The van der Waals surface area contributed by atoms with Gasteiger partial charge in [-0.2, -0.15) is 5.10 Å². The van der Waals surface area contributed by atoms with Crippen molar-refractivity contribution >= 4 is 16.8 Å². The number of nitrogens with zero attached hydrogens (tertiary/aromatic N) is 3. The Morgan fingerprint density at radius 2 is 2.00 bits per heavy atom. The Morgan fingerprint density at radius 1 is 1.30 bits per heavy atom. The van der Waals surface area contributed by atoms with Gasteiger partial charge in [0, 0.05) is 36.9 Å². The molecule has 1 N–H and O–H groups in total. The third-order valence-corrected chi connectivity index (χ3v) is 6.95. The Labute approximate surface area is 158 Å². The summed E-state index contributed by atoms with van der Waals surface area (Å²) < 4.78 is 16.2. The molecule has 27 heavy (non-hydrogen) atoms. The van der Waals surface area contributed by atoms with Gasteiger partial charge in [-0.15, -0.1) is 0 Å². The number of likely N-dealkylation sites (tertiary alicyclic amines) is 1.